The molecule has 1 heterocycles. The number of ether oxygens (including phenoxy) is 2. The van der Waals surface area contributed by atoms with Crippen LogP contribution in [0.1, 0.15) is 90.9 Å². The van der Waals surface area contributed by atoms with Crippen LogP contribution in [-0.4, -0.2) is 30.1 Å². The Labute approximate surface area is 147 Å². The van der Waals surface area contributed by atoms with Gasteiger partial charge in [0.1, 0.15) is 0 Å². The van der Waals surface area contributed by atoms with Gasteiger partial charge in [0.05, 0.1) is 5.57 Å². The van der Waals surface area contributed by atoms with Crippen LogP contribution < -0.4 is 0 Å². The number of hydrogen-bond donors (Lipinski definition) is 1. The zero-order chi connectivity index (χ0) is 17.8. The maximum absolute atomic E-state index is 11.8. The normalized spacial score (nSPS) is 25.4. The number of aliphatic hydroxyl groups is 1. The van der Waals surface area contributed by atoms with E-state index in [4.69, 9.17) is 9.47 Å². The predicted octanol–water partition coefficient (Wildman–Crippen LogP) is 4.89. The molecule has 0 aromatic rings. The first kappa shape index (κ1) is 21.2. The summed E-state index contributed by atoms with van der Waals surface area (Å²) in [5.41, 5.74) is 0.339. The Balaban J connectivity index is 2.05. The van der Waals surface area contributed by atoms with Gasteiger partial charge in [-0.2, -0.15) is 0 Å². The zero-order valence-electron chi connectivity index (χ0n) is 15.8. The van der Waals surface area contributed by atoms with E-state index in [0.717, 1.165) is 12.8 Å². The monoisotopic (exact) mass is 340 g/mol. The van der Waals surface area contributed by atoms with Crippen molar-refractivity contribution in [2.75, 3.05) is 7.11 Å². The number of methoxy groups -OCH3 is 1. The van der Waals surface area contributed by atoms with Crippen molar-refractivity contribution in [3.63, 3.8) is 0 Å². The Morgan fingerprint density at radius 3 is 2.00 bits per heavy atom. The lowest BCUT2D eigenvalue weighted by atomic mass is 10.0. The molecular weight excluding hydrogens is 304 g/mol. The number of carbonyl (C=O) groups is 1. The number of aliphatic hydroxyl groups excluding tert-OH is 1. The molecule has 4 nitrogen and oxygen atoms in total. The Bertz CT molecular complexity index is 391. The van der Waals surface area contributed by atoms with Gasteiger partial charge in [0.15, 0.2) is 6.10 Å². The van der Waals surface area contributed by atoms with Gasteiger partial charge >= 0.3 is 5.97 Å². The van der Waals surface area contributed by atoms with E-state index in [1.54, 1.807) is 6.92 Å². The number of esters is 1. The minimum absolute atomic E-state index is 0.339. The molecular formula is C20H36O4. The molecule has 1 aliphatic heterocycles. The SMILES string of the molecule is CCCCCCCCCCCCC/C=C1/C(=O)O[C@@](C)(OC)[C@@H]1O. The third-order valence-electron chi connectivity index (χ3n) is 4.90. The fourth-order valence-corrected chi connectivity index (χ4v) is 3.11. The number of hydrogen-bond acceptors (Lipinski definition) is 4. The van der Waals surface area contributed by atoms with Crippen LogP contribution in [0.2, 0.25) is 0 Å². The molecule has 0 aromatic heterocycles. The smallest absolute Gasteiger partial charge is 0.339 e. The molecule has 1 saturated heterocycles. The molecule has 0 aromatic carbocycles. The molecule has 1 aliphatic rings. The third kappa shape index (κ3) is 6.94. The van der Waals surface area contributed by atoms with E-state index in [-0.39, 0.29) is 0 Å². The fourth-order valence-electron chi connectivity index (χ4n) is 3.11. The quantitative estimate of drug-likeness (QED) is 0.294. The molecule has 2 atom stereocenters. The highest BCUT2D eigenvalue weighted by molar-refractivity contribution is 5.92. The summed E-state index contributed by atoms with van der Waals surface area (Å²) in [5.74, 6) is -1.70. The van der Waals surface area contributed by atoms with Crippen molar-refractivity contribution in [1.29, 1.82) is 0 Å². The molecule has 0 amide bonds. The van der Waals surface area contributed by atoms with E-state index < -0.39 is 17.9 Å². The Hall–Kier alpha value is -0.870. The lowest BCUT2D eigenvalue weighted by Gasteiger charge is -2.23. The largest absolute Gasteiger partial charge is 0.427 e. The predicted molar refractivity (Wildman–Crippen MR) is 96.7 cm³/mol. The molecule has 0 aliphatic carbocycles. The summed E-state index contributed by atoms with van der Waals surface area (Å²) in [4.78, 5) is 11.8. The second kappa shape index (κ2) is 11.6. The summed E-state index contributed by atoms with van der Waals surface area (Å²) in [7, 11) is 1.43. The van der Waals surface area contributed by atoms with Crippen LogP contribution in [0.25, 0.3) is 0 Å². The number of carbonyl (C=O) groups excluding carboxylic acids is 1. The number of cyclic esters (lactones) is 1. The minimum Gasteiger partial charge on any atom is -0.427 e. The first-order valence-corrected chi connectivity index (χ1v) is 9.71. The first-order chi connectivity index (χ1) is 11.5. The van der Waals surface area contributed by atoms with Crippen LogP contribution in [0.5, 0.6) is 0 Å². The van der Waals surface area contributed by atoms with Crippen molar-refractivity contribution < 1.29 is 19.4 Å². The summed E-state index contributed by atoms with van der Waals surface area (Å²) in [6.45, 7) is 3.83. The minimum atomic E-state index is -1.24. The standard InChI is InChI=1S/C20H36O4/c1-4-5-6-7-8-9-10-11-12-13-14-15-16-17-18(21)20(2,23-3)24-19(17)22/h16,18,21H,4-15H2,1-3H3/b17-16+/t18-,20-/m1/s1. The van der Waals surface area contributed by atoms with Gasteiger partial charge in [-0.05, 0) is 12.8 Å². The molecule has 0 radical (unpaired) electrons. The summed E-state index contributed by atoms with van der Waals surface area (Å²) >= 11 is 0. The van der Waals surface area contributed by atoms with Crippen LogP contribution in [-0.2, 0) is 14.3 Å². The highest BCUT2D eigenvalue weighted by Crippen LogP contribution is 2.32. The number of rotatable bonds is 13. The maximum atomic E-state index is 11.8. The molecule has 0 bridgehead atoms. The second-order valence-corrected chi connectivity index (χ2v) is 7.00. The molecule has 1 fully saturated rings. The second-order valence-electron chi connectivity index (χ2n) is 7.00. The average molecular weight is 341 g/mol. The van der Waals surface area contributed by atoms with Crippen LogP contribution in [0.3, 0.4) is 0 Å². The van der Waals surface area contributed by atoms with E-state index in [2.05, 4.69) is 6.92 Å². The average Bonchev–Trinajstić information content (AvgIpc) is 2.79. The molecule has 0 saturated carbocycles. The van der Waals surface area contributed by atoms with Crippen LogP contribution in [0, 0.1) is 0 Å². The van der Waals surface area contributed by atoms with Gasteiger partial charge in [0.2, 0.25) is 5.79 Å². The fraction of sp³-hybridized carbons (Fsp3) is 0.850. The van der Waals surface area contributed by atoms with Crippen molar-refractivity contribution in [2.24, 2.45) is 0 Å². The Kier molecular flexibility index (Phi) is 10.3. The summed E-state index contributed by atoms with van der Waals surface area (Å²) in [5, 5.41) is 10.1. The Morgan fingerprint density at radius 2 is 1.54 bits per heavy atom. The molecule has 24 heavy (non-hydrogen) atoms. The van der Waals surface area contributed by atoms with Crippen LogP contribution in [0.4, 0.5) is 0 Å². The van der Waals surface area contributed by atoms with Gasteiger partial charge in [-0.3, -0.25) is 0 Å². The van der Waals surface area contributed by atoms with Gasteiger partial charge in [-0.1, -0.05) is 77.2 Å². The maximum Gasteiger partial charge on any atom is 0.339 e. The lowest BCUT2D eigenvalue weighted by molar-refractivity contribution is -0.218. The molecule has 140 valence electrons. The highest BCUT2D eigenvalue weighted by atomic mass is 16.7. The van der Waals surface area contributed by atoms with Crippen molar-refractivity contribution >= 4 is 5.97 Å². The van der Waals surface area contributed by atoms with E-state index >= 15 is 0 Å². The topological polar surface area (TPSA) is 55.8 Å². The Morgan fingerprint density at radius 1 is 1.04 bits per heavy atom. The highest BCUT2D eigenvalue weighted by Gasteiger charge is 2.48. The van der Waals surface area contributed by atoms with Crippen LogP contribution >= 0.6 is 0 Å². The van der Waals surface area contributed by atoms with Gasteiger partial charge in [0.25, 0.3) is 0 Å². The first-order valence-electron chi connectivity index (χ1n) is 9.71. The van der Waals surface area contributed by atoms with E-state index in [1.165, 1.54) is 71.3 Å². The van der Waals surface area contributed by atoms with Crippen LogP contribution in [0.15, 0.2) is 11.6 Å². The summed E-state index contributed by atoms with van der Waals surface area (Å²) in [6.07, 6.45) is 15.9. The number of unbranched alkanes of at least 4 members (excludes halogenated alkanes) is 11. The lowest BCUT2D eigenvalue weighted by Crippen LogP contribution is -2.38. The van der Waals surface area contributed by atoms with Gasteiger partial charge in [-0.15, -0.1) is 0 Å². The van der Waals surface area contributed by atoms with E-state index in [1.807, 2.05) is 6.08 Å². The molecule has 4 heteroatoms. The molecule has 0 unspecified atom stereocenters. The summed E-state index contributed by atoms with van der Waals surface area (Å²) in [6, 6.07) is 0. The van der Waals surface area contributed by atoms with Crippen molar-refractivity contribution in [2.45, 2.75) is 103 Å². The van der Waals surface area contributed by atoms with Gasteiger partial charge in [-0.25, -0.2) is 4.79 Å². The molecule has 0 spiro atoms. The van der Waals surface area contributed by atoms with E-state index in [0.29, 0.717) is 5.57 Å². The van der Waals surface area contributed by atoms with Crippen molar-refractivity contribution in [3.8, 4) is 0 Å². The van der Waals surface area contributed by atoms with Gasteiger partial charge < -0.3 is 14.6 Å². The van der Waals surface area contributed by atoms with Crippen molar-refractivity contribution in [1.82, 2.24) is 0 Å². The van der Waals surface area contributed by atoms with Gasteiger partial charge in [0, 0.05) is 14.0 Å². The summed E-state index contributed by atoms with van der Waals surface area (Å²) < 4.78 is 10.2. The molecule has 1 N–H and O–H groups in total. The molecule has 1 rings (SSSR count). The van der Waals surface area contributed by atoms with Crippen molar-refractivity contribution in [3.05, 3.63) is 11.6 Å². The number of allylic oxidation sites excluding steroid dienone is 1. The zero-order valence-corrected chi connectivity index (χ0v) is 15.8. The third-order valence-corrected chi connectivity index (χ3v) is 4.90. The van der Waals surface area contributed by atoms with E-state index in [9.17, 15) is 9.90 Å².